The number of halogens is 1. The van der Waals surface area contributed by atoms with Crippen LogP contribution in [0.4, 0.5) is 0 Å². The molecule has 0 saturated heterocycles. The van der Waals surface area contributed by atoms with E-state index in [0.717, 1.165) is 12.3 Å². The third-order valence-electron chi connectivity index (χ3n) is 3.60. The molecule has 0 bridgehead atoms. The van der Waals surface area contributed by atoms with Gasteiger partial charge in [-0.25, -0.2) is 4.98 Å². The summed E-state index contributed by atoms with van der Waals surface area (Å²) in [6.45, 7) is 0.855. The number of rotatable bonds is 6. The maximum atomic E-state index is 13.0. The Bertz CT molecular complexity index is 953. The summed E-state index contributed by atoms with van der Waals surface area (Å²) in [4.78, 5) is 19.7. The van der Waals surface area contributed by atoms with Gasteiger partial charge in [-0.2, -0.15) is 5.10 Å². The Morgan fingerprint density at radius 3 is 2.92 bits per heavy atom. The van der Waals surface area contributed by atoms with Crippen molar-refractivity contribution in [2.75, 3.05) is 33.5 Å². The van der Waals surface area contributed by atoms with E-state index in [-0.39, 0.29) is 5.56 Å². The number of H-pyrrole nitrogens is 1. The summed E-state index contributed by atoms with van der Waals surface area (Å²) < 4.78 is 6.94. The van der Waals surface area contributed by atoms with Crippen molar-refractivity contribution in [3.63, 3.8) is 0 Å². The summed E-state index contributed by atoms with van der Waals surface area (Å²) in [7, 11) is 5.55. The molecular weight excluding hydrogens is 362 g/mol. The molecule has 3 aromatic rings. The first kappa shape index (κ1) is 17.8. The number of aromatic nitrogens is 4. The molecule has 0 radical (unpaired) electrons. The van der Waals surface area contributed by atoms with Crippen LogP contribution in [0.1, 0.15) is 0 Å². The summed E-state index contributed by atoms with van der Waals surface area (Å²) in [6.07, 6.45) is 1.48. The minimum Gasteiger partial charge on any atom is -0.495 e. The second-order valence-electron chi connectivity index (χ2n) is 5.64. The van der Waals surface area contributed by atoms with Crippen molar-refractivity contribution < 1.29 is 4.74 Å². The third-order valence-corrected chi connectivity index (χ3v) is 4.76. The number of hydrogen-bond acceptors (Lipinski definition) is 6. The van der Waals surface area contributed by atoms with Crippen LogP contribution in [0, 0.1) is 0 Å². The van der Waals surface area contributed by atoms with Crippen LogP contribution in [-0.4, -0.2) is 58.2 Å². The molecule has 9 heteroatoms. The molecule has 0 aliphatic heterocycles. The topological polar surface area (TPSA) is 76.0 Å². The first-order valence-corrected chi connectivity index (χ1v) is 8.95. The van der Waals surface area contributed by atoms with Crippen molar-refractivity contribution in [2.24, 2.45) is 0 Å². The maximum Gasteiger partial charge on any atom is 0.270 e. The van der Waals surface area contributed by atoms with E-state index in [1.165, 1.54) is 22.5 Å². The minimum absolute atomic E-state index is 0.216. The smallest absolute Gasteiger partial charge is 0.270 e. The second kappa shape index (κ2) is 7.47. The normalized spacial score (nSPS) is 11.4. The quantitative estimate of drug-likeness (QED) is 0.523. The number of hydrogen-bond donors (Lipinski definition) is 1. The molecule has 0 aliphatic rings. The van der Waals surface area contributed by atoms with Crippen LogP contribution in [0.5, 0.6) is 5.75 Å². The van der Waals surface area contributed by atoms with E-state index >= 15 is 0 Å². The van der Waals surface area contributed by atoms with Gasteiger partial charge >= 0.3 is 0 Å². The summed E-state index contributed by atoms with van der Waals surface area (Å²) in [5.74, 6) is 1.33. The molecule has 25 heavy (non-hydrogen) atoms. The van der Waals surface area contributed by atoms with Crippen LogP contribution in [0.3, 0.4) is 0 Å². The molecular formula is C16H18ClN5O2S. The van der Waals surface area contributed by atoms with Crippen LogP contribution < -0.4 is 10.3 Å². The number of thioether (sulfide) groups is 1. The van der Waals surface area contributed by atoms with E-state index in [4.69, 9.17) is 16.3 Å². The zero-order valence-corrected chi connectivity index (χ0v) is 15.7. The van der Waals surface area contributed by atoms with Crippen LogP contribution >= 0.6 is 23.4 Å². The Kier molecular flexibility index (Phi) is 5.31. The highest BCUT2D eigenvalue weighted by Crippen LogP contribution is 2.29. The molecule has 2 aromatic heterocycles. The molecule has 0 atom stereocenters. The monoisotopic (exact) mass is 379 g/mol. The van der Waals surface area contributed by atoms with Gasteiger partial charge in [-0.15, -0.1) is 0 Å². The first-order chi connectivity index (χ1) is 12.0. The van der Waals surface area contributed by atoms with E-state index in [1.54, 1.807) is 25.3 Å². The van der Waals surface area contributed by atoms with Gasteiger partial charge in [-0.05, 0) is 32.3 Å². The molecule has 0 amide bonds. The van der Waals surface area contributed by atoms with Gasteiger partial charge in [0.05, 0.1) is 19.0 Å². The maximum absolute atomic E-state index is 13.0. The van der Waals surface area contributed by atoms with Crippen molar-refractivity contribution >= 4 is 34.4 Å². The standard InChI is InChI=1S/C16H18ClN5O2S/c1-21(2)6-7-25-16-19-14-11(9-18-20-14)15(23)22(16)12-8-10(17)4-5-13(12)24-3/h4-5,8-9H,6-7H2,1-3H3,(H,18,20). The van der Waals surface area contributed by atoms with E-state index in [9.17, 15) is 4.79 Å². The molecule has 7 nitrogen and oxygen atoms in total. The second-order valence-corrected chi connectivity index (χ2v) is 7.13. The van der Waals surface area contributed by atoms with Crippen molar-refractivity contribution in [2.45, 2.75) is 5.16 Å². The number of methoxy groups -OCH3 is 1. The third kappa shape index (κ3) is 3.65. The molecule has 3 rings (SSSR count). The van der Waals surface area contributed by atoms with Crippen molar-refractivity contribution in [3.05, 3.63) is 39.8 Å². The summed E-state index contributed by atoms with van der Waals surface area (Å²) in [5, 5.41) is 8.18. The highest BCUT2D eigenvalue weighted by molar-refractivity contribution is 7.99. The first-order valence-electron chi connectivity index (χ1n) is 7.59. The fourth-order valence-electron chi connectivity index (χ4n) is 2.34. The number of benzene rings is 1. The Hall–Kier alpha value is -2.03. The molecule has 0 saturated carbocycles. The highest BCUT2D eigenvalue weighted by Gasteiger charge is 2.18. The number of ether oxygens (including phenoxy) is 1. The molecule has 2 heterocycles. The Morgan fingerprint density at radius 1 is 1.40 bits per heavy atom. The minimum atomic E-state index is -0.216. The lowest BCUT2D eigenvalue weighted by Gasteiger charge is -2.16. The van der Waals surface area contributed by atoms with Crippen molar-refractivity contribution in [1.29, 1.82) is 0 Å². The molecule has 0 aliphatic carbocycles. The Balaban J connectivity index is 2.19. The zero-order chi connectivity index (χ0) is 18.0. The SMILES string of the molecule is COc1ccc(Cl)cc1-n1c(SCCN(C)C)nc2[nH]ncc2c1=O. The zero-order valence-electron chi connectivity index (χ0n) is 14.1. The summed E-state index contributed by atoms with van der Waals surface area (Å²) in [6, 6.07) is 5.15. The van der Waals surface area contributed by atoms with Crippen LogP contribution in [0.2, 0.25) is 5.02 Å². The molecule has 132 valence electrons. The Labute approximate surface area is 154 Å². The largest absolute Gasteiger partial charge is 0.495 e. The number of aromatic amines is 1. The van der Waals surface area contributed by atoms with Crippen molar-refractivity contribution in [3.8, 4) is 11.4 Å². The summed E-state index contributed by atoms with van der Waals surface area (Å²) >= 11 is 7.64. The predicted octanol–water partition coefficient (Wildman–Crippen LogP) is 2.42. The fraction of sp³-hybridized carbons (Fsp3) is 0.312. The lowest BCUT2D eigenvalue weighted by molar-refractivity contribution is 0.411. The van der Waals surface area contributed by atoms with Gasteiger partial charge in [0.15, 0.2) is 10.8 Å². The van der Waals surface area contributed by atoms with Crippen LogP contribution in [0.15, 0.2) is 34.3 Å². The van der Waals surface area contributed by atoms with E-state index in [2.05, 4.69) is 20.1 Å². The molecule has 1 aromatic carbocycles. The van der Waals surface area contributed by atoms with E-state index < -0.39 is 0 Å². The molecule has 1 N–H and O–H groups in total. The average molecular weight is 380 g/mol. The highest BCUT2D eigenvalue weighted by atomic mass is 35.5. The predicted molar refractivity (Wildman–Crippen MR) is 100 cm³/mol. The lowest BCUT2D eigenvalue weighted by atomic mass is 10.3. The molecule has 0 spiro atoms. The number of fused-ring (bicyclic) bond motifs is 1. The van der Waals surface area contributed by atoms with Gasteiger partial charge in [0.1, 0.15) is 11.1 Å². The average Bonchev–Trinajstić information content (AvgIpc) is 3.03. The lowest BCUT2D eigenvalue weighted by Crippen LogP contribution is -2.23. The van der Waals surface area contributed by atoms with Crippen LogP contribution in [-0.2, 0) is 0 Å². The van der Waals surface area contributed by atoms with Crippen LogP contribution in [0.25, 0.3) is 16.7 Å². The van der Waals surface area contributed by atoms with Gasteiger partial charge in [0.25, 0.3) is 5.56 Å². The number of nitrogens with zero attached hydrogens (tertiary/aromatic N) is 4. The summed E-state index contributed by atoms with van der Waals surface area (Å²) in [5.41, 5.74) is 0.809. The van der Waals surface area contributed by atoms with Gasteiger partial charge in [0, 0.05) is 17.3 Å². The van der Waals surface area contributed by atoms with E-state index in [0.29, 0.717) is 32.6 Å². The van der Waals surface area contributed by atoms with E-state index in [1.807, 2.05) is 14.1 Å². The van der Waals surface area contributed by atoms with Gasteiger partial charge < -0.3 is 9.64 Å². The van der Waals surface area contributed by atoms with Gasteiger partial charge in [-0.3, -0.25) is 14.5 Å². The Morgan fingerprint density at radius 2 is 2.20 bits per heavy atom. The number of nitrogens with one attached hydrogen (secondary N) is 1. The fourth-order valence-corrected chi connectivity index (χ4v) is 3.61. The molecule has 0 fully saturated rings. The van der Waals surface area contributed by atoms with Gasteiger partial charge in [0.2, 0.25) is 0 Å². The van der Waals surface area contributed by atoms with Gasteiger partial charge in [-0.1, -0.05) is 23.4 Å². The molecule has 0 unspecified atom stereocenters. The van der Waals surface area contributed by atoms with Crippen molar-refractivity contribution in [1.82, 2.24) is 24.6 Å².